The van der Waals surface area contributed by atoms with E-state index >= 15 is 0 Å². The zero-order valence-corrected chi connectivity index (χ0v) is 8.31. The lowest BCUT2D eigenvalue weighted by Gasteiger charge is -2.62. The van der Waals surface area contributed by atoms with Crippen LogP contribution in [0.5, 0.6) is 0 Å². The highest BCUT2D eigenvalue weighted by Crippen LogP contribution is 2.66. The molecule has 0 amide bonds. The predicted octanol–water partition coefficient (Wildman–Crippen LogP) is 2.99. The molecule has 0 aromatic rings. The Morgan fingerprint density at radius 2 is 2.00 bits per heavy atom. The first-order valence-corrected chi connectivity index (χ1v) is 5.32. The molecule has 3 saturated carbocycles. The van der Waals surface area contributed by atoms with Gasteiger partial charge in [0.25, 0.3) is 0 Å². The van der Waals surface area contributed by atoms with E-state index in [-0.39, 0.29) is 0 Å². The molecule has 0 aromatic heterocycles. The van der Waals surface area contributed by atoms with Crippen molar-refractivity contribution in [1.82, 2.24) is 0 Å². The van der Waals surface area contributed by atoms with Crippen molar-refractivity contribution in [3.05, 3.63) is 0 Å². The molecule has 70 valence electrons. The van der Waals surface area contributed by atoms with Crippen molar-refractivity contribution in [3.63, 3.8) is 0 Å². The summed E-state index contributed by atoms with van der Waals surface area (Å²) in [5, 5.41) is 0. The van der Waals surface area contributed by atoms with Crippen LogP contribution in [0, 0.1) is 11.3 Å². The van der Waals surface area contributed by atoms with Gasteiger partial charge in [-0.25, -0.2) is 0 Å². The summed E-state index contributed by atoms with van der Waals surface area (Å²) in [6, 6.07) is 0. The lowest BCUT2D eigenvalue weighted by molar-refractivity contribution is -0.116. The Bertz CT molecular complexity index is 145. The van der Waals surface area contributed by atoms with Crippen molar-refractivity contribution < 1.29 is 4.74 Å². The molecule has 12 heavy (non-hydrogen) atoms. The minimum Gasteiger partial charge on any atom is -0.379 e. The monoisotopic (exact) mass is 168 g/mol. The van der Waals surface area contributed by atoms with Crippen LogP contribution in [-0.4, -0.2) is 12.7 Å². The van der Waals surface area contributed by atoms with Crippen LogP contribution in [0.2, 0.25) is 0 Å². The van der Waals surface area contributed by atoms with Crippen LogP contribution in [0.4, 0.5) is 0 Å². The number of hydrogen-bond acceptors (Lipinski definition) is 1. The van der Waals surface area contributed by atoms with Crippen molar-refractivity contribution >= 4 is 0 Å². The highest BCUT2D eigenvalue weighted by Gasteiger charge is 2.55. The van der Waals surface area contributed by atoms with Crippen LogP contribution in [0.25, 0.3) is 0 Å². The fraction of sp³-hybridized carbons (Fsp3) is 1.00. The summed E-state index contributed by atoms with van der Waals surface area (Å²) in [5.41, 5.74) is 0.824. The maximum atomic E-state index is 5.52. The predicted molar refractivity (Wildman–Crippen MR) is 50.1 cm³/mol. The third kappa shape index (κ3) is 1.52. The first kappa shape index (κ1) is 8.55. The molecule has 3 fully saturated rings. The van der Waals surface area contributed by atoms with Gasteiger partial charge in [-0.1, -0.05) is 0 Å². The van der Waals surface area contributed by atoms with Crippen LogP contribution in [0.15, 0.2) is 0 Å². The number of hydrogen-bond donors (Lipinski definition) is 0. The summed E-state index contributed by atoms with van der Waals surface area (Å²) in [5.74, 6) is 1.14. The van der Waals surface area contributed by atoms with E-state index in [0.717, 1.165) is 17.9 Å². The Hall–Kier alpha value is -0.0400. The van der Waals surface area contributed by atoms with Gasteiger partial charge in [0, 0.05) is 6.61 Å². The molecule has 0 atom stereocenters. The highest BCUT2D eigenvalue weighted by atomic mass is 16.5. The largest absolute Gasteiger partial charge is 0.379 e. The number of rotatable bonds is 5. The third-order valence-electron chi connectivity index (χ3n) is 3.47. The summed E-state index contributed by atoms with van der Waals surface area (Å²) in [7, 11) is 0. The number of ether oxygens (including phenoxy) is 1. The Morgan fingerprint density at radius 1 is 1.33 bits per heavy atom. The average molecular weight is 168 g/mol. The summed E-state index contributed by atoms with van der Waals surface area (Å²) in [6.07, 6.45) is 7.73. The molecule has 0 spiro atoms. The molecule has 0 radical (unpaired) electrons. The van der Waals surface area contributed by atoms with Gasteiger partial charge >= 0.3 is 0 Å². The molecule has 3 rings (SSSR count). The van der Waals surface area contributed by atoms with Gasteiger partial charge in [-0.3, -0.25) is 0 Å². The molecule has 3 aliphatic carbocycles. The first-order valence-electron chi connectivity index (χ1n) is 5.32. The van der Waals surface area contributed by atoms with Crippen molar-refractivity contribution in [2.75, 3.05) is 6.61 Å². The molecule has 0 unspecified atom stereocenters. The van der Waals surface area contributed by atoms with E-state index in [4.69, 9.17) is 4.74 Å². The summed E-state index contributed by atoms with van der Waals surface area (Å²) in [4.78, 5) is 0. The quantitative estimate of drug-likeness (QED) is 0.573. The SMILES string of the molecule is CC(C)OCCCC12CC(C1)C2. The second kappa shape index (κ2) is 3.02. The fourth-order valence-electron chi connectivity index (χ4n) is 2.73. The van der Waals surface area contributed by atoms with Gasteiger partial charge in [0.2, 0.25) is 0 Å². The molecule has 3 aliphatic rings. The Labute approximate surface area is 75.5 Å². The topological polar surface area (TPSA) is 9.23 Å². The minimum absolute atomic E-state index is 0.415. The molecule has 1 heteroatoms. The smallest absolute Gasteiger partial charge is 0.0518 e. The molecule has 0 saturated heterocycles. The van der Waals surface area contributed by atoms with E-state index in [1.54, 1.807) is 0 Å². The summed E-state index contributed by atoms with van der Waals surface area (Å²) < 4.78 is 5.52. The van der Waals surface area contributed by atoms with Crippen LogP contribution in [0.1, 0.15) is 46.0 Å². The third-order valence-corrected chi connectivity index (χ3v) is 3.47. The van der Waals surface area contributed by atoms with E-state index < -0.39 is 0 Å². The lowest BCUT2D eigenvalue weighted by Crippen LogP contribution is -2.51. The van der Waals surface area contributed by atoms with E-state index in [2.05, 4.69) is 13.8 Å². The summed E-state index contributed by atoms with van der Waals surface area (Å²) in [6.45, 7) is 5.20. The standard InChI is InChI=1S/C11H20O/c1-9(2)12-5-3-4-11-6-10(7-11)8-11/h9-10H,3-8H2,1-2H3. The zero-order chi connectivity index (χ0) is 8.60. The highest BCUT2D eigenvalue weighted by molar-refractivity contribution is 5.06. The second-order valence-electron chi connectivity index (χ2n) is 5.00. The van der Waals surface area contributed by atoms with E-state index in [1.807, 2.05) is 0 Å². The first-order chi connectivity index (χ1) is 5.70. The molecule has 0 aliphatic heterocycles. The van der Waals surface area contributed by atoms with Gasteiger partial charge in [-0.05, 0) is 57.3 Å². The van der Waals surface area contributed by atoms with E-state index in [1.165, 1.54) is 32.1 Å². The maximum Gasteiger partial charge on any atom is 0.0518 e. The minimum atomic E-state index is 0.415. The Morgan fingerprint density at radius 3 is 2.42 bits per heavy atom. The van der Waals surface area contributed by atoms with Gasteiger partial charge in [0.1, 0.15) is 0 Å². The maximum absolute atomic E-state index is 5.52. The average Bonchev–Trinajstić information content (AvgIpc) is 1.79. The fourth-order valence-corrected chi connectivity index (χ4v) is 2.73. The molecule has 1 nitrogen and oxygen atoms in total. The molecule has 0 aromatic carbocycles. The van der Waals surface area contributed by atoms with Crippen molar-refractivity contribution in [3.8, 4) is 0 Å². The molecule has 0 heterocycles. The normalized spacial score (nSPS) is 37.8. The van der Waals surface area contributed by atoms with Crippen LogP contribution >= 0.6 is 0 Å². The van der Waals surface area contributed by atoms with Crippen molar-refractivity contribution in [2.45, 2.75) is 52.1 Å². The van der Waals surface area contributed by atoms with E-state index in [0.29, 0.717) is 6.10 Å². The van der Waals surface area contributed by atoms with Gasteiger partial charge in [0.15, 0.2) is 0 Å². The van der Waals surface area contributed by atoms with Crippen molar-refractivity contribution in [1.29, 1.82) is 0 Å². The van der Waals surface area contributed by atoms with E-state index in [9.17, 15) is 0 Å². The zero-order valence-electron chi connectivity index (χ0n) is 8.31. The second-order valence-corrected chi connectivity index (χ2v) is 5.00. The van der Waals surface area contributed by atoms with Gasteiger partial charge in [0.05, 0.1) is 6.10 Å². The Kier molecular flexibility index (Phi) is 2.16. The van der Waals surface area contributed by atoms with Gasteiger partial charge < -0.3 is 4.74 Å². The van der Waals surface area contributed by atoms with Gasteiger partial charge in [-0.15, -0.1) is 0 Å². The van der Waals surface area contributed by atoms with Crippen LogP contribution in [0.3, 0.4) is 0 Å². The van der Waals surface area contributed by atoms with Crippen LogP contribution < -0.4 is 0 Å². The molecule has 2 bridgehead atoms. The Balaban J connectivity index is 1.52. The molecule has 0 N–H and O–H groups in total. The molecular formula is C11H20O. The molecular weight excluding hydrogens is 148 g/mol. The van der Waals surface area contributed by atoms with Gasteiger partial charge in [-0.2, -0.15) is 0 Å². The van der Waals surface area contributed by atoms with Crippen molar-refractivity contribution in [2.24, 2.45) is 11.3 Å². The lowest BCUT2D eigenvalue weighted by atomic mass is 9.43. The van der Waals surface area contributed by atoms with Crippen LogP contribution in [-0.2, 0) is 4.74 Å². The summed E-state index contributed by atoms with van der Waals surface area (Å²) >= 11 is 0.